The van der Waals surface area contributed by atoms with E-state index in [4.69, 9.17) is 4.74 Å². The van der Waals surface area contributed by atoms with Crippen LogP contribution in [0.5, 0.6) is 0 Å². The number of nitrogens with one attached hydrogen (secondary N) is 2. The number of rotatable bonds is 8. The Bertz CT molecular complexity index is 902. The molecule has 0 fully saturated rings. The van der Waals surface area contributed by atoms with E-state index in [0.29, 0.717) is 5.56 Å². The van der Waals surface area contributed by atoms with Crippen LogP contribution in [0.15, 0.2) is 47.4 Å². The monoisotopic (exact) mass is 398 g/mol. The van der Waals surface area contributed by atoms with E-state index in [2.05, 4.69) is 10.0 Å². The molecule has 0 unspecified atom stereocenters. The number of carbonyl (C=O) groups excluding carboxylic acids is 1. The molecule has 6 nitrogen and oxygen atoms in total. The maximum absolute atomic E-state index is 13.3. The lowest BCUT2D eigenvalue weighted by atomic mass is 10.1. The maximum Gasteiger partial charge on any atom is 0.251 e. The predicted molar refractivity (Wildman–Crippen MR) is 95.7 cm³/mol. The first kappa shape index (κ1) is 20.9. The zero-order valence-electron chi connectivity index (χ0n) is 14.8. The highest BCUT2D eigenvalue weighted by Gasteiger charge is 2.16. The average Bonchev–Trinajstić information content (AvgIpc) is 2.64. The normalized spacial score (nSPS) is 12.6. The Morgan fingerprint density at radius 1 is 1.11 bits per heavy atom. The highest BCUT2D eigenvalue weighted by Crippen LogP contribution is 2.17. The van der Waals surface area contributed by atoms with Gasteiger partial charge < -0.3 is 10.1 Å². The van der Waals surface area contributed by atoms with Gasteiger partial charge in [0.1, 0.15) is 0 Å². The van der Waals surface area contributed by atoms with E-state index in [1.807, 2.05) is 0 Å². The van der Waals surface area contributed by atoms with Gasteiger partial charge in [-0.3, -0.25) is 4.79 Å². The number of carbonyl (C=O) groups is 1. The molecule has 2 aromatic carbocycles. The van der Waals surface area contributed by atoms with Crippen LogP contribution >= 0.6 is 0 Å². The van der Waals surface area contributed by atoms with Gasteiger partial charge in [-0.25, -0.2) is 21.9 Å². The van der Waals surface area contributed by atoms with Crippen LogP contribution in [0.4, 0.5) is 8.78 Å². The first-order valence-corrected chi connectivity index (χ1v) is 9.57. The molecule has 1 amide bonds. The van der Waals surface area contributed by atoms with Crippen LogP contribution < -0.4 is 10.0 Å². The maximum atomic E-state index is 13.3. The minimum Gasteiger partial charge on any atom is -0.383 e. The Balaban J connectivity index is 2.05. The molecular formula is C18H20F2N2O4S. The third-order valence-electron chi connectivity index (χ3n) is 3.82. The Morgan fingerprint density at radius 2 is 1.78 bits per heavy atom. The van der Waals surface area contributed by atoms with E-state index in [0.717, 1.165) is 12.1 Å². The predicted octanol–water partition coefficient (Wildman–Crippen LogP) is 2.38. The summed E-state index contributed by atoms with van der Waals surface area (Å²) in [5.74, 6) is -2.43. The van der Waals surface area contributed by atoms with E-state index in [1.54, 1.807) is 6.92 Å². The first-order valence-electron chi connectivity index (χ1n) is 8.09. The first-order chi connectivity index (χ1) is 12.7. The van der Waals surface area contributed by atoms with Crippen LogP contribution in [0.1, 0.15) is 28.9 Å². The third kappa shape index (κ3) is 5.56. The van der Waals surface area contributed by atoms with Crippen LogP contribution in [0.2, 0.25) is 0 Å². The molecule has 1 atom stereocenters. The molecule has 0 aromatic heterocycles. The van der Waals surface area contributed by atoms with Gasteiger partial charge in [-0.1, -0.05) is 6.07 Å². The summed E-state index contributed by atoms with van der Waals surface area (Å²) in [7, 11) is -2.23. The van der Waals surface area contributed by atoms with Crippen molar-refractivity contribution in [2.75, 3.05) is 20.3 Å². The molecule has 0 aliphatic rings. The number of halogens is 2. The Labute approximate surface area is 156 Å². The van der Waals surface area contributed by atoms with E-state index < -0.39 is 33.6 Å². The van der Waals surface area contributed by atoms with Gasteiger partial charge >= 0.3 is 0 Å². The smallest absolute Gasteiger partial charge is 0.251 e. The van der Waals surface area contributed by atoms with Gasteiger partial charge in [0.2, 0.25) is 10.0 Å². The number of ether oxygens (including phenoxy) is 1. The summed E-state index contributed by atoms with van der Waals surface area (Å²) in [5, 5.41) is 2.65. The molecule has 2 aromatic rings. The fraction of sp³-hybridized carbons (Fsp3) is 0.278. The Kier molecular flexibility index (Phi) is 7.00. The SMILES string of the molecule is COCCNS(=O)(=O)c1ccc(C(=O)N[C@H](C)c2ccc(F)c(F)c2)cc1. The Hall–Kier alpha value is -2.36. The molecule has 0 saturated carbocycles. The molecule has 27 heavy (non-hydrogen) atoms. The molecule has 146 valence electrons. The molecule has 0 saturated heterocycles. The van der Waals surface area contributed by atoms with Crippen molar-refractivity contribution < 1.29 is 26.7 Å². The van der Waals surface area contributed by atoms with Gasteiger partial charge in [0.25, 0.3) is 5.91 Å². The summed E-state index contributed by atoms with van der Waals surface area (Å²) in [5.41, 5.74) is 0.643. The van der Waals surface area contributed by atoms with Gasteiger partial charge in [-0.05, 0) is 48.9 Å². The minimum atomic E-state index is -3.69. The number of hydrogen-bond donors (Lipinski definition) is 2. The van der Waals surface area contributed by atoms with E-state index >= 15 is 0 Å². The van der Waals surface area contributed by atoms with E-state index in [9.17, 15) is 22.0 Å². The van der Waals surface area contributed by atoms with Gasteiger partial charge in [-0.15, -0.1) is 0 Å². The number of sulfonamides is 1. The zero-order valence-corrected chi connectivity index (χ0v) is 15.6. The summed E-state index contributed by atoms with van der Waals surface area (Å²) in [6, 6.07) is 8.19. The molecule has 0 aliphatic carbocycles. The van der Waals surface area contributed by atoms with Gasteiger partial charge in [0, 0.05) is 19.2 Å². The van der Waals surface area contributed by atoms with Crippen molar-refractivity contribution in [1.82, 2.24) is 10.0 Å². The summed E-state index contributed by atoms with van der Waals surface area (Å²) in [6.07, 6.45) is 0. The fourth-order valence-corrected chi connectivity index (χ4v) is 3.31. The highest BCUT2D eigenvalue weighted by molar-refractivity contribution is 7.89. The summed E-state index contributed by atoms with van der Waals surface area (Å²) in [6.45, 7) is 2.00. The number of hydrogen-bond acceptors (Lipinski definition) is 4. The summed E-state index contributed by atoms with van der Waals surface area (Å²) >= 11 is 0. The quantitative estimate of drug-likeness (QED) is 0.669. The lowest BCUT2D eigenvalue weighted by Crippen LogP contribution is -2.28. The van der Waals surface area contributed by atoms with Crippen molar-refractivity contribution in [3.8, 4) is 0 Å². The van der Waals surface area contributed by atoms with Crippen LogP contribution in [0.25, 0.3) is 0 Å². The molecule has 0 radical (unpaired) electrons. The van der Waals surface area contributed by atoms with E-state index in [-0.39, 0.29) is 23.6 Å². The summed E-state index contributed by atoms with van der Waals surface area (Å²) in [4.78, 5) is 12.3. The van der Waals surface area contributed by atoms with Crippen molar-refractivity contribution in [2.24, 2.45) is 0 Å². The number of methoxy groups -OCH3 is 1. The van der Waals surface area contributed by atoms with Crippen molar-refractivity contribution in [3.63, 3.8) is 0 Å². The molecule has 0 heterocycles. The minimum absolute atomic E-state index is 0.0174. The van der Waals surface area contributed by atoms with Crippen LogP contribution in [0.3, 0.4) is 0 Å². The number of amides is 1. The molecule has 9 heteroatoms. The van der Waals surface area contributed by atoms with Crippen LogP contribution in [-0.4, -0.2) is 34.6 Å². The molecular weight excluding hydrogens is 378 g/mol. The van der Waals surface area contributed by atoms with Crippen molar-refractivity contribution >= 4 is 15.9 Å². The number of benzene rings is 2. The van der Waals surface area contributed by atoms with Crippen molar-refractivity contribution in [1.29, 1.82) is 0 Å². The molecule has 0 bridgehead atoms. The second-order valence-electron chi connectivity index (χ2n) is 5.78. The van der Waals surface area contributed by atoms with Crippen LogP contribution in [-0.2, 0) is 14.8 Å². The molecule has 0 spiro atoms. The second kappa shape index (κ2) is 9.03. The molecule has 0 aliphatic heterocycles. The van der Waals surface area contributed by atoms with Gasteiger partial charge in [0.05, 0.1) is 17.5 Å². The second-order valence-corrected chi connectivity index (χ2v) is 7.55. The average molecular weight is 398 g/mol. The van der Waals surface area contributed by atoms with Crippen LogP contribution in [0, 0.1) is 11.6 Å². The summed E-state index contributed by atoms with van der Waals surface area (Å²) < 4.78 is 57.6. The lowest BCUT2D eigenvalue weighted by molar-refractivity contribution is 0.0939. The fourth-order valence-electron chi connectivity index (χ4n) is 2.29. The van der Waals surface area contributed by atoms with Gasteiger partial charge in [-0.2, -0.15) is 0 Å². The van der Waals surface area contributed by atoms with Gasteiger partial charge in [0.15, 0.2) is 11.6 Å². The lowest BCUT2D eigenvalue weighted by Gasteiger charge is -2.15. The molecule has 2 N–H and O–H groups in total. The highest BCUT2D eigenvalue weighted by atomic mass is 32.2. The third-order valence-corrected chi connectivity index (χ3v) is 5.29. The van der Waals surface area contributed by atoms with Crippen molar-refractivity contribution in [3.05, 3.63) is 65.2 Å². The Morgan fingerprint density at radius 3 is 2.37 bits per heavy atom. The largest absolute Gasteiger partial charge is 0.383 e. The molecule has 2 rings (SSSR count). The standard InChI is InChI=1S/C18H20F2N2O4S/c1-12(14-5-8-16(19)17(20)11-14)22-18(23)13-3-6-15(7-4-13)27(24,25)21-9-10-26-2/h3-8,11-12,21H,9-10H2,1-2H3,(H,22,23)/t12-/m1/s1. The zero-order chi connectivity index (χ0) is 20.0. The van der Waals surface area contributed by atoms with E-state index in [1.165, 1.54) is 37.4 Å². The van der Waals surface area contributed by atoms with Crippen molar-refractivity contribution in [2.45, 2.75) is 17.9 Å². The topological polar surface area (TPSA) is 84.5 Å².